The number of nitrogens with one attached hydrogen (secondary N) is 1. The maximum absolute atomic E-state index is 12.9. The number of carbonyl (C=O) groups is 2. The molecule has 2 saturated carbocycles. The van der Waals surface area contributed by atoms with Crippen LogP contribution >= 0.6 is 11.3 Å². The van der Waals surface area contributed by atoms with Crippen molar-refractivity contribution in [2.24, 2.45) is 0 Å². The normalized spacial score (nSPS) is 18.9. The van der Waals surface area contributed by atoms with E-state index in [0.717, 1.165) is 18.5 Å². The summed E-state index contributed by atoms with van der Waals surface area (Å²) in [5, 5.41) is 9.13. The van der Waals surface area contributed by atoms with Gasteiger partial charge in [0, 0.05) is 54.0 Å². The molecule has 1 aliphatic heterocycles. The lowest BCUT2D eigenvalue weighted by Crippen LogP contribution is -2.28. The van der Waals surface area contributed by atoms with Crippen molar-refractivity contribution in [2.45, 2.75) is 50.1 Å². The summed E-state index contributed by atoms with van der Waals surface area (Å²) in [5.41, 5.74) is 8.94. The highest BCUT2D eigenvalue weighted by molar-refractivity contribution is 7.15. The number of benzene rings is 1. The second kappa shape index (κ2) is 10.9. The van der Waals surface area contributed by atoms with Gasteiger partial charge in [-0.15, -0.1) is 11.3 Å². The molecule has 216 valence electrons. The van der Waals surface area contributed by atoms with Gasteiger partial charge in [0.05, 0.1) is 11.4 Å². The smallest absolute Gasteiger partial charge is 0.257 e. The molecule has 7 rings (SSSR count). The lowest BCUT2D eigenvalue weighted by Gasteiger charge is -2.16. The minimum absolute atomic E-state index is 0.0166. The molecule has 0 spiro atoms. The van der Waals surface area contributed by atoms with Crippen LogP contribution in [0, 0.1) is 0 Å². The van der Waals surface area contributed by atoms with Crippen LogP contribution in [0.3, 0.4) is 0 Å². The van der Waals surface area contributed by atoms with Crippen molar-refractivity contribution >= 4 is 45.1 Å². The fourth-order valence-corrected chi connectivity index (χ4v) is 6.51. The van der Waals surface area contributed by atoms with Gasteiger partial charge in [-0.05, 0) is 57.2 Å². The van der Waals surface area contributed by atoms with Crippen molar-refractivity contribution in [3.8, 4) is 11.3 Å². The Bertz CT molecular complexity index is 1670. The number of amides is 2. The number of thiazole rings is 1. The maximum atomic E-state index is 12.9. The van der Waals surface area contributed by atoms with Crippen LogP contribution in [0.25, 0.3) is 22.3 Å². The van der Waals surface area contributed by atoms with Gasteiger partial charge in [-0.3, -0.25) is 19.8 Å². The molecule has 4 heterocycles. The Morgan fingerprint density at radius 3 is 2.69 bits per heavy atom. The summed E-state index contributed by atoms with van der Waals surface area (Å²) in [6.07, 6.45) is 12.6. The number of rotatable bonds is 9. The summed E-state index contributed by atoms with van der Waals surface area (Å²) in [4.78, 5) is 44.2. The number of likely N-dealkylation sites (N-methyl/N-ethyl adjacent to an activating group) is 1. The van der Waals surface area contributed by atoms with Crippen molar-refractivity contribution in [2.75, 3.05) is 37.7 Å². The predicted octanol–water partition coefficient (Wildman–Crippen LogP) is 4.09. The van der Waals surface area contributed by atoms with Crippen LogP contribution in [-0.2, 0) is 4.79 Å². The van der Waals surface area contributed by atoms with Crippen molar-refractivity contribution < 1.29 is 9.59 Å². The second-order valence-corrected chi connectivity index (χ2v) is 12.5. The first-order valence-corrected chi connectivity index (χ1v) is 15.3. The largest absolute Gasteiger partial charge is 0.383 e. The Balaban J connectivity index is 1.07. The third-order valence-corrected chi connectivity index (χ3v) is 9.38. The molecule has 11 nitrogen and oxygen atoms in total. The average Bonchev–Trinajstić information content (AvgIpc) is 3.89. The Morgan fingerprint density at radius 2 is 1.93 bits per heavy atom. The standard InChI is InChI=1S/C30H33N9O2S/c1-37(21-10-11-21)13-2-3-24(40)38-14-12-22(16-38)39-28-25(27(31)33-17-34-28)26(36-39)19-6-8-20(9-7-19)29(41)35-30-32-15-23(42-30)18-4-5-18/h2-3,6-9,15,17-18,21-22H,4-5,10-14,16H2,1H3,(H2,31,33,34)(H,32,35,41)/t22-/m1/s1. The Labute approximate surface area is 247 Å². The first-order valence-electron chi connectivity index (χ1n) is 14.5. The predicted molar refractivity (Wildman–Crippen MR) is 162 cm³/mol. The van der Waals surface area contributed by atoms with E-state index >= 15 is 0 Å². The molecule has 42 heavy (non-hydrogen) atoms. The fourth-order valence-electron chi connectivity index (χ4n) is 5.53. The zero-order valence-electron chi connectivity index (χ0n) is 23.4. The Kier molecular flexibility index (Phi) is 6.95. The van der Waals surface area contributed by atoms with E-state index in [1.807, 2.05) is 34.0 Å². The summed E-state index contributed by atoms with van der Waals surface area (Å²) >= 11 is 1.54. The second-order valence-electron chi connectivity index (χ2n) is 11.4. The van der Waals surface area contributed by atoms with Crippen molar-refractivity contribution in [3.63, 3.8) is 0 Å². The molecule has 3 fully saturated rings. The Hall–Kier alpha value is -4.16. The molecule has 2 amide bonds. The van der Waals surface area contributed by atoms with E-state index in [2.05, 4.69) is 32.2 Å². The number of hydrogen-bond acceptors (Lipinski definition) is 9. The van der Waals surface area contributed by atoms with Crippen LogP contribution in [0.1, 0.15) is 59.3 Å². The highest BCUT2D eigenvalue weighted by Crippen LogP contribution is 2.43. The molecule has 3 aromatic heterocycles. The van der Waals surface area contributed by atoms with Crippen molar-refractivity contribution in [1.82, 2.24) is 34.5 Å². The molecule has 1 atom stereocenters. The van der Waals surface area contributed by atoms with Crippen LogP contribution in [-0.4, -0.2) is 79.1 Å². The highest BCUT2D eigenvalue weighted by atomic mass is 32.1. The number of nitrogens with two attached hydrogens (primary N) is 1. The van der Waals surface area contributed by atoms with E-state index in [4.69, 9.17) is 10.8 Å². The molecule has 1 saturated heterocycles. The van der Waals surface area contributed by atoms with E-state index < -0.39 is 0 Å². The van der Waals surface area contributed by atoms with Gasteiger partial charge in [-0.2, -0.15) is 5.10 Å². The molecule has 3 N–H and O–H groups in total. The number of anilines is 2. The number of fused-ring (bicyclic) bond motifs is 1. The molecular formula is C30H33N9O2S. The van der Waals surface area contributed by atoms with Gasteiger partial charge >= 0.3 is 0 Å². The third-order valence-electron chi connectivity index (χ3n) is 8.31. The quantitative estimate of drug-likeness (QED) is 0.282. The summed E-state index contributed by atoms with van der Waals surface area (Å²) in [6.45, 7) is 1.97. The van der Waals surface area contributed by atoms with Gasteiger partial charge in [0.15, 0.2) is 10.8 Å². The van der Waals surface area contributed by atoms with Crippen LogP contribution in [0.2, 0.25) is 0 Å². The molecular weight excluding hydrogens is 550 g/mol. The van der Waals surface area contributed by atoms with Gasteiger partial charge in [0.2, 0.25) is 5.91 Å². The van der Waals surface area contributed by atoms with E-state index in [0.29, 0.717) is 58.3 Å². The fraction of sp³-hybridized carbons (Fsp3) is 0.400. The molecule has 4 aromatic rings. The van der Waals surface area contributed by atoms with Gasteiger partial charge in [0.25, 0.3) is 5.91 Å². The zero-order chi connectivity index (χ0) is 28.8. The van der Waals surface area contributed by atoms with Crippen LogP contribution in [0.5, 0.6) is 0 Å². The minimum atomic E-state index is -0.208. The van der Waals surface area contributed by atoms with Crippen molar-refractivity contribution in [3.05, 3.63) is 59.4 Å². The number of hydrogen-bond donors (Lipinski definition) is 2. The van der Waals surface area contributed by atoms with Gasteiger partial charge < -0.3 is 10.6 Å². The van der Waals surface area contributed by atoms with E-state index in [-0.39, 0.29) is 17.9 Å². The lowest BCUT2D eigenvalue weighted by atomic mass is 10.1. The van der Waals surface area contributed by atoms with Gasteiger partial charge in [-0.25, -0.2) is 19.6 Å². The topological polar surface area (TPSA) is 135 Å². The lowest BCUT2D eigenvalue weighted by molar-refractivity contribution is -0.125. The molecule has 0 unspecified atom stereocenters. The first kappa shape index (κ1) is 26.7. The van der Waals surface area contributed by atoms with E-state index in [1.165, 1.54) is 36.9 Å². The summed E-state index contributed by atoms with van der Waals surface area (Å²) < 4.78 is 1.88. The van der Waals surface area contributed by atoms with Gasteiger partial charge in [-0.1, -0.05) is 18.2 Å². The summed E-state index contributed by atoms with van der Waals surface area (Å²) in [6, 6.07) is 7.89. The molecule has 1 aromatic carbocycles. The van der Waals surface area contributed by atoms with Crippen molar-refractivity contribution in [1.29, 1.82) is 0 Å². The summed E-state index contributed by atoms with van der Waals surface area (Å²) in [5.74, 6) is 0.752. The highest BCUT2D eigenvalue weighted by Gasteiger charge is 2.31. The SMILES string of the molecule is CN(CC=CC(=O)N1CC[C@@H](n2nc(-c3ccc(C(=O)Nc4ncc(C5CC5)s4)cc3)c3c(N)ncnc32)C1)C1CC1. The Morgan fingerprint density at radius 1 is 1.12 bits per heavy atom. The van der Waals surface area contributed by atoms with Gasteiger partial charge in [0.1, 0.15) is 17.8 Å². The van der Waals surface area contributed by atoms with E-state index in [1.54, 1.807) is 29.5 Å². The van der Waals surface area contributed by atoms with Crippen LogP contribution in [0.4, 0.5) is 10.9 Å². The number of likely N-dealkylation sites (tertiary alicyclic amines) is 1. The third kappa shape index (κ3) is 5.39. The average molecular weight is 584 g/mol. The molecule has 3 aliphatic rings. The van der Waals surface area contributed by atoms with Crippen LogP contribution < -0.4 is 11.1 Å². The number of nitrogen functional groups attached to an aromatic ring is 1. The number of aromatic nitrogens is 5. The summed E-state index contributed by atoms with van der Waals surface area (Å²) in [7, 11) is 2.10. The molecule has 12 heteroatoms. The number of nitrogens with zero attached hydrogens (tertiary/aromatic N) is 7. The molecule has 2 aliphatic carbocycles. The number of carbonyl (C=O) groups excluding carboxylic acids is 2. The monoisotopic (exact) mass is 583 g/mol. The minimum Gasteiger partial charge on any atom is -0.383 e. The van der Waals surface area contributed by atoms with E-state index in [9.17, 15) is 9.59 Å². The molecule has 0 radical (unpaired) electrons. The van der Waals surface area contributed by atoms with Crippen LogP contribution in [0.15, 0.2) is 48.9 Å². The molecule has 0 bridgehead atoms. The zero-order valence-corrected chi connectivity index (χ0v) is 24.3. The first-order chi connectivity index (χ1) is 20.4. The maximum Gasteiger partial charge on any atom is 0.257 e.